The van der Waals surface area contributed by atoms with Crippen molar-refractivity contribution < 1.29 is 14.6 Å². The largest absolute Gasteiger partial charge is 0.334 e. The Morgan fingerprint density at radius 2 is 1.86 bits per heavy atom. The number of nitro groups is 2. The molecule has 1 aromatic heterocycles. The van der Waals surface area contributed by atoms with E-state index in [0.29, 0.717) is 19.5 Å². The van der Waals surface area contributed by atoms with E-state index < -0.39 is 27.1 Å². The van der Waals surface area contributed by atoms with Crippen molar-refractivity contribution in [3.8, 4) is 0 Å². The predicted octanol–water partition coefficient (Wildman–Crippen LogP) is 2.96. The molecule has 148 valence electrons. The first-order valence-corrected chi connectivity index (χ1v) is 8.79. The van der Waals surface area contributed by atoms with Crippen molar-refractivity contribution in [3.63, 3.8) is 0 Å². The number of hydrogen-bond acceptors (Lipinski definition) is 6. The van der Waals surface area contributed by atoms with Gasteiger partial charge in [-0.25, -0.2) is 0 Å². The number of carbonyl (C=O) groups excluding carboxylic acids is 1. The van der Waals surface area contributed by atoms with Crippen LogP contribution in [0.4, 0.5) is 11.4 Å². The average molecular weight is 387 g/mol. The second-order valence-electron chi connectivity index (χ2n) is 7.83. The lowest BCUT2D eigenvalue weighted by molar-refractivity contribution is -0.394. The Bertz CT molecular complexity index is 989. The third-order valence-corrected chi connectivity index (χ3v) is 4.86. The summed E-state index contributed by atoms with van der Waals surface area (Å²) in [6, 6.07) is 1.99. The molecular formula is C18H21N5O5. The molecule has 1 amide bonds. The Labute approximate surface area is 161 Å². The van der Waals surface area contributed by atoms with Crippen LogP contribution in [-0.2, 0) is 18.5 Å². The van der Waals surface area contributed by atoms with E-state index in [9.17, 15) is 25.0 Å². The van der Waals surface area contributed by atoms with Gasteiger partial charge in [-0.2, -0.15) is 5.10 Å². The summed E-state index contributed by atoms with van der Waals surface area (Å²) in [5.41, 5.74) is 0.973. The highest BCUT2D eigenvalue weighted by Crippen LogP contribution is 2.31. The summed E-state index contributed by atoms with van der Waals surface area (Å²) in [4.78, 5) is 35.5. The van der Waals surface area contributed by atoms with E-state index >= 15 is 0 Å². The molecule has 0 bridgehead atoms. The molecule has 10 heteroatoms. The summed E-state index contributed by atoms with van der Waals surface area (Å²) in [6.07, 6.45) is 2.32. The fourth-order valence-corrected chi connectivity index (χ4v) is 3.45. The maximum atomic E-state index is 13.0. The SMILES string of the molecule is Cc1c(C(=O)N2CCc3c(cnn3C(C)(C)C)C2)cc([N+](=O)[O-])cc1[N+](=O)[O-]. The lowest BCUT2D eigenvalue weighted by Crippen LogP contribution is -2.38. The van der Waals surface area contributed by atoms with Crippen molar-refractivity contribution in [2.75, 3.05) is 6.54 Å². The van der Waals surface area contributed by atoms with Crippen LogP contribution in [0.3, 0.4) is 0 Å². The van der Waals surface area contributed by atoms with Gasteiger partial charge in [-0.3, -0.25) is 29.7 Å². The summed E-state index contributed by atoms with van der Waals surface area (Å²) in [5.74, 6) is -0.460. The lowest BCUT2D eigenvalue weighted by atomic mass is 10.0. The topological polar surface area (TPSA) is 124 Å². The molecule has 10 nitrogen and oxygen atoms in total. The Kier molecular flexibility index (Phi) is 4.66. The monoisotopic (exact) mass is 387 g/mol. The number of carbonyl (C=O) groups is 1. The average Bonchev–Trinajstić information content (AvgIpc) is 3.04. The number of hydrogen-bond donors (Lipinski definition) is 0. The molecule has 0 saturated heterocycles. The maximum absolute atomic E-state index is 13.0. The molecule has 0 fully saturated rings. The number of aromatic nitrogens is 2. The Morgan fingerprint density at radius 3 is 2.43 bits per heavy atom. The zero-order valence-corrected chi connectivity index (χ0v) is 16.1. The summed E-state index contributed by atoms with van der Waals surface area (Å²) in [5, 5.41) is 26.8. The van der Waals surface area contributed by atoms with E-state index in [1.807, 2.05) is 25.5 Å². The Morgan fingerprint density at radius 1 is 1.18 bits per heavy atom. The molecule has 3 rings (SSSR count). The molecule has 28 heavy (non-hydrogen) atoms. The summed E-state index contributed by atoms with van der Waals surface area (Å²) >= 11 is 0. The number of nitro benzene ring substituents is 2. The Balaban J connectivity index is 1.97. The normalized spacial score (nSPS) is 13.9. The molecule has 1 aliphatic rings. The van der Waals surface area contributed by atoms with Crippen LogP contribution in [0.15, 0.2) is 18.3 Å². The van der Waals surface area contributed by atoms with Gasteiger partial charge in [-0.1, -0.05) is 0 Å². The number of amides is 1. The molecule has 1 aliphatic heterocycles. The zero-order chi connectivity index (χ0) is 20.8. The highest BCUT2D eigenvalue weighted by molar-refractivity contribution is 5.97. The molecule has 0 saturated carbocycles. The van der Waals surface area contributed by atoms with Crippen LogP contribution in [-0.4, -0.2) is 37.0 Å². The second kappa shape index (κ2) is 6.70. The number of rotatable bonds is 3. The molecular weight excluding hydrogens is 366 g/mol. The van der Waals surface area contributed by atoms with Crippen LogP contribution in [0.25, 0.3) is 0 Å². The van der Waals surface area contributed by atoms with Gasteiger partial charge in [0.05, 0.1) is 33.2 Å². The highest BCUT2D eigenvalue weighted by Gasteiger charge is 2.31. The van der Waals surface area contributed by atoms with E-state index in [0.717, 1.165) is 23.4 Å². The summed E-state index contributed by atoms with van der Waals surface area (Å²) in [6.45, 7) is 8.28. The van der Waals surface area contributed by atoms with Gasteiger partial charge < -0.3 is 4.90 Å². The van der Waals surface area contributed by atoms with E-state index in [1.165, 1.54) is 6.92 Å². The number of benzene rings is 1. The number of fused-ring (bicyclic) bond motifs is 1. The van der Waals surface area contributed by atoms with Gasteiger partial charge in [0.2, 0.25) is 0 Å². The van der Waals surface area contributed by atoms with Crippen LogP contribution >= 0.6 is 0 Å². The lowest BCUT2D eigenvalue weighted by Gasteiger charge is -2.30. The number of nitrogens with zero attached hydrogens (tertiary/aromatic N) is 5. The van der Waals surface area contributed by atoms with Gasteiger partial charge in [-0.15, -0.1) is 0 Å². The molecule has 1 aromatic carbocycles. The second-order valence-corrected chi connectivity index (χ2v) is 7.83. The molecule has 0 unspecified atom stereocenters. The maximum Gasteiger partial charge on any atom is 0.279 e. The molecule has 0 N–H and O–H groups in total. The van der Waals surface area contributed by atoms with E-state index in [-0.39, 0.29) is 16.7 Å². The Hall–Kier alpha value is -3.30. The minimum Gasteiger partial charge on any atom is -0.334 e. The third-order valence-electron chi connectivity index (χ3n) is 4.86. The first kappa shape index (κ1) is 19.5. The third kappa shape index (κ3) is 3.32. The van der Waals surface area contributed by atoms with Gasteiger partial charge in [0, 0.05) is 42.4 Å². The first-order chi connectivity index (χ1) is 13.0. The van der Waals surface area contributed by atoms with E-state index in [1.54, 1.807) is 11.1 Å². The molecule has 0 radical (unpaired) electrons. The van der Waals surface area contributed by atoms with Gasteiger partial charge in [0.25, 0.3) is 17.3 Å². The zero-order valence-electron chi connectivity index (χ0n) is 16.1. The van der Waals surface area contributed by atoms with E-state index in [2.05, 4.69) is 5.10 Å². The quantitative estimate of drug-likeness (QED) is 0.589. The fraction of sp³-hybridized carbons (Fsp3) is 0.444. The molecule has 2 heterocycles. The first-order valence-electron chi connectivity index (χ1n) is 8.79. The van der Waals surface area contributed by atoms with Gasteiger partial charge in [0.15, 0.2) is 0 Å². The van der Waals surface area contributed by atoms with Gasteiger partial charge in [-0.05, 0) is 27.7 Å². The van der Waals surface area contributed by atoms with Crippen LogP contribution in [0.1, 0.15) is 48.0 Å². The minimum atomic E-state index is -0.731. The molecule has 0 aliphatic carbocycles. The fourth-order valence-electron chi connectivity index (χ4n) is 3.45. The van der Waals surface area contributed by atoms with Crippen LogP contribution < -0.4 is 0 Å². The smallest absolute Gasteiger partial charge is 0.279 e. The van der Waals surface area contributed by atoms with Crippen molar-refractivity contribution in [1.29, 1.82) is 0 Å². The van der Waals surface area contributed by atoms with E-state index in [4.69, 9.17) is 0 Å². The summed E-state index contributed by atoms with van der Waals surface area (Å²) < 4.78 is 1.94. The van der Waals surface area contributed by atoms with Crippen molar-refractivity contribution in [3.05, 3.63) is 60.9 Å². The number of non-ortho nitro benzene ring substituents is 1. The van der Waals surface area contributed by atoms with Crippen LogP contribution in [0.5, 0.6) is 0 Å². The highest BCUT2D eigenvalue weighted by atomic mass is 16.6. The van der Waals surface area contributed by atoms with Crippen LogP contribution in [0.2, 0.25) is 0 Å². The molecule has 2 aromatic rings. The standard InChI is InChI=1S/C18H21N5O5/c1-11-14(7-13(22(25)26)8-16(11)23(27)28)17(24)20-6-5-15-12(10-20)9-19-21(15)18(2,3)4/h7-9H,5-6,10H2,1-4H3. The predicted molar refractivity (Wildman–Crippen MR) is 100 cm³/mol. The molecule has 0 spiro atoms. The van der Waals surface area contributed by atoms with Gasteiger partial charge >= 0.3 is 0 Å². The van der Waals surface area contributed by atoms with Crippen molar-refractivity contribution >= 4 is 17.3 Å². The van der Waals surface area contributed by atoms with Crippen LogP contribution in [0, 0.1) is 27.2 Å². The summed E-state index contributed by atoms with van der Waals surface area (Å²) in [7, 11) is 0. The van der Waals surface area contributed by atoms with Crippen molar-refractivity contribution in [2.45, 2.75) is 46.2 Å². The van der Waals surface area contributed by atoms with Gasteiger partial charge in [0.1, 0.15) is 0 Å². The van der Waals surface area contributed by atoms with Crippen molar-refractivity contribution in [2.24, 2.45) is 0 Å². The van der Waals surface area contributed by atoms with Crippen molar-refractivity contribution in [1.82, 2.24) is 14.7 Å². The minimum absolute atomic E-state index is 0.0208. The molecule has 0 atom stereocenters.